The van der Waals surface area contributed by atoms with E-state index in [9.17, 15) is 0 Å². The van der Waals surface area contributed by atoms with Crippen LogP contribution < -0.4 is 10.1 Å². The molecule has 1 aromatic carbocycles. The summed E-state index contributed by atoms with van der Waals surface area (Å²) in [6.07, 6.45) is 1.02. The minimum atomic E-state index is 0.133. The third-order valence-electron chi connectivity index (χ3n) is 3.31. The van der Waals surface area contributed by atoms with Crippen LogP contribution in [0.1, 0.15) is 45.7 Å². The normalized spacial score (nSPS) is 16.8. The van der Waals surface area contributed by atoms with E-state index in [1.165, 1.54) is 16.8 Å². The zero-order valence-electron chi connectivity index (χ0n) is 11.6. The van der Waals surface area contributed by atoms with Crippen molar-refractivity contribution in [3.63, 3.8) is 0 Å². The second-order valence-corrected chi connectivity index (χ2v) is 5.84. The maximum atomic E-state index is 5.87. The monoisotopic (exact) mass is 233 g/mol. The molecule has 2 rings (SSSR count). The van der Waals surface area contributed by atoms with Crippen molar-refractivity contribution >= 4 is 5.69 Å². The van der Waals surface area contributed by atoms with Crippen LogP contribution in [0.3, 0.4) is 0 Å². The Morgan fingerprint density at radius 1 is 1.35 bits per heavy atom. The molecule has 0 aliphatic carbocycles. The van der Waals surface area contributed by atoms with Crippen molar-refractivity contribution < 1.29 is 4.74 Å². The van der Waals surface area contributed by atoms with E-state index in [1.54, 1.807) is 0 Å². The largest absolute Gasteiger partial charge is 0.492 e. The fourth-order valence-electron chi connectivity index (χ4n) is 2.37. The summed E-state index contributed by atoms with van der Waals surface area (Å²) in [4.78, 5) is 0. The molecule has 0 bridgehead atoms. The van der Waals surface area contributed by atoms with Crippen molar-refractivity contribution in [3.8, 4) is 5.75 Å². The van der Waals surface area contributed by atoms with Crippen molar-refractivity contribution in [1.29, 1.82) is 0 Å². The number of fused-ring (bicyclic) bond motifs is 1. The Morgan fingerprint density at radius 3 is 2.65 bits per heavy atom. The SMILES string of the molecule is CCc1cc(NC(C)C)cc2c1OCC2(C)C. The molecule has 2 nitrogen and oxygen atoms in total. The minimum Gasteiger partial charge on any atom is -0.492 e. The summed E-state index contributed by atoms with van der Waals surface area (Å²) < 4.78 is 5.87. The van der Waals surface area contributed by atoms with Crippen LogP contribution >= 0.6 is 0 Å². The highest BCUT2D eigenvalue weighted by molar-refractivity contribution is 5.59. The van der Waals surface area contributed by atoms with E-state index in [-0.39, 0.29) is 5.41 Å². The van der Waals surface area contributed by atoms with E-state index in [2.05, 4.69) is 52.1 Å². The summed E-state index contributed by atoms with van der Waals surface area (Å²) >= 11 is 0. The van der Waals surface area contributed by atoms with Crippen molar-refractivity contribution in [2.24, 2.45) is 0 Å². The van der Waals surface area contributed by atoms with E-state index in [0.717, 1.165) is 18.8 Å². The van der Waals surface area contributed by atoms with Gasteiger partial charge in [-0.15, -0.1) is 0 Å². The van der Waals surface area contributed by atoms with Crippen molar-refractivity contribution in [3.05, 3.63) is 23.3 Å². The van der Waals surface area contributed by atoms with Crippen LogP contribution in [-0.4, -0.2) is 12.6 Å². The van der Waals surface area contributed by atoms with E-state index in [1.807, 2.05) is 0 Å². The fraction of sp³-hybridized carbons (Fsp3) is 0.600. The molecule has 0 fully saturated rings. The molecule has 1 heterocycles. The molecule has 94 valence electrons. The maximum Gasteiger partial charge on any atom is 0.126 e. The molecule has 2 heteroatoms. The molecule has 0 aromatic heterocycles. The molecule has 0 unspecified atom stereocenters. The van der Waals surface area contributed by atoms with Gasteiger partial charge in [0.15, 0.2) is 0 Å². The van der Waals surface area contributed by atoms with Crippen molar-refractivity contribution in [2.45, 2.75) is 52.5 Å². The van der Waals surface area contributed by atoms with Gasteiger partial charge in [0.2, 0.25) is 0 Å². The molecule has 1 aliphatic rings. The van der Waals surface area contributed by atoms with Gasteiger partial charge in [0.05, 0.1) is 6.61 Å². The summed E-state index contributed by atoms with van der Waals surface area (Å²) in [5, 5.41) is 3.49. The molecule has 0 saturated carbocycles. The third kappa shape index (κ3) is 2.26. The first-order chi connectivity index (χ1) is 7.94. The lowest BCUT2D eigenvalue weighted by molar-refractivity contribution is 0.289. The van der Waals surface area contributed by atoms with Gasteiger partial charge in [-0.3, -0.25) is 0 Å². The number of ether oxygens (including phenoxy) is 1. The average molecular weight is 233 g/mol. The Balaban J connectivity index is 2.47. The second kappa shape index (κ2) is 4.25. The number of hydrogen-bond acceptors (Lipinski definition) is 2. The topological polar surface area (TPSA) is 21.3 Å². The molecule has 0 radical (unpaired) electrons. The first-order valence-electron chi connectivity index (χ1n) is 6.51. The van der Waals surface area contributed by atoms with Gasteiger partial charge in [-0.1, -0.05) is 20.8 Å². The Labute approximate surface area is 104 Å². The van der Waals surface area contributed by atoms with Gasteiger partial charge >= 0.3 is 0 Å². The summed E-state index contributed by atoms with van der Waals surface area (Å²) in [5.74, 6) is 1.12. The van der Waals surface area contributed by atoms with Crippen molar-refractivity contribution in [1.82, 2.24) is 0 Å². The van der Waals surface area contributed by atoms with E-state index >= 15 is 0 Å². The van der Waals surface area contributed by atoms with Crippen LogP contribution in [0.25, 0.3) is 0 Å². The lowest BCUT2D eigenvalue weighted by Crippen LogP contribution is -2.18. The Morgan fingerprint density at radius 2 is 2.06 bits per heavy atom. The maximum absolute atomic E-state index is 5.87. The predicted molar refractivity (Wildman–Crippen MR) is 73.1 cm³/mol. The van der Waals surface area contributed by atoms with Crippen LogP contribution in [-0.2, 0) is 11.8 Å². The first-order valence-corrected chi connectivity index (χ1v) is 6.51. The summed E-state index contributed by atoms with van der Waals surface area (Å²) in [5.41, 5.74) is 4.01. The van der Waals surface area contributed by atoms with Gasteiger partial charge in [-0.2, -0.15) is 0 Å². The second-order valence-electron chi connectivity index (χ2n) is 5.84. The highest BCUT2D eigenvalue weighted by Crippen LogP contribution is 2.42. The van der Waals surface area contributed by atoms with Crippen LogP contribution in [0, 0.1) is 0 Å². The third-order valence-corrected chi connectivity index (χ3v) is 3.31. The summed E-state index contributed by atoms with van der Waals surface area (Å²) in [7, 11) is 0. The quantitative estimate of drug-likeness (QED) is 0.858. The first kappa shape index (κ1) is 12.3. The molecule has 1 N–H and O–H groups in total. The highest BCUT2D eigenvalue weighted by atomic mass is 16.5. The molecule has 0 atom stereocenters. The van der Waals surface area contributed by atoms with Gasteiger partial charge in [0.1, 0.15) is 5.75 Å². The number of nitrogens with one attached hydrogen (secondary N) is 1. The molecule has 1 aromatic rings. The molecule has 17 heavy (non-hydrogen) atoms. The number of rotatable bonds is 3. The van der Waals surface area contributed by atoms with Crippen LogP contribution in [0.15, 0.2) is 12.1 Å². The molecule has 0 spiro atoms. The lowest BCUT2D eigenvalue weighted by Gasteiger charge is -2.18. The Hall–Kier alpha value is -1.18. The van der Waals surface area contributed by atoms with Crippen LogP contribution in [0.5, 0.6) is 5.75 Å². The Kier molecular flexibility index (Phi) is 3.07. The standard InChI is InChI=1S/C15H23NO/c1-6-11-7-12(16-10(2)3)8-13-14(11)17-9-15(13,4)5/h7-8,10,16H,6,9H2,1-5H3. The predicted octanol–water partition coefficient (Wildman–Crippen LogP) is 3.74. The van der Waals surface area contributed by atoms with Gasteiger partial charge in [0.25, 0.3) is 0 Å². The summed E-state index contributed by atoms with van der Waals surface area (Å²) in [6, 6.07) is 4.94. The number of aryl methyl sites for hydroxylation is 1. The highest BCUT2D eigenvalue weighted by Gasteiger charge is 2.33. The van der Waals surface area contributed by atoms with E-state index in [4.69, 9.17) is 4.74 Å². The zero-order chi connectivity index (χ0) is 12.6. The van der Waals surface area contributed by atoms with E-state index < -0.39 is 0 Å². The molecular weight excluding hydrogens is 210 g/mol. The number of hydrogen-bond donors (Lipinski definition) is 1. The molecule has 1 aliphatic heterocycles. The number of anilines is 1. The molecule has 0 amide bonds. The fourth-order valence-corrected chi connectivity index (χ4v) is 2.37. The molecular formula is C15H23NO. The smallest absolute Gasteiger partial charge is 0.126 e. The van der Waals surface area contributed by atoms with Crippen LogP contribution in [0.4, 0.5) is 5.69 Å². The van der Waals surface area contributed by atoms with Gasteiger partial charge in [0, 0.05) is 22.7 Å². The van der Waals surface area contributed by atoms with Gasteiger partial charge < -0.3 is 10.1 Å². The minimum absolute atomic E-state index is 0.133. The van der Waals surface area contributed by atoms with Gasteiger partial charge in [-0.25, -0.2) is 0 Å². The lowest BCUT2D eigenvalue weighted by atomic mass is 9.85. The average Bonchev–Trinajstić information content (AvgIpc) is 2.53. The summed E-state index contributed by atoms with van der Waals surface area (Å²) in [6.45, 7) is 11.8. The van der Waals surface area contributed by atoms with Crippen molar-refractivity contribution in [2.75, 3.05) is 11.9 Å². The van der Waals surface area contributed by atoms with Crippen LogP contribution in [0.2, 0.25) is 0 Å². The number of benzene rings is 1. The Bertz CT molecular complexity index is 421. The van der Waals surface area contributed by atoms with E-state index in [0.29, 0.717) is 6.04 Å². The molecule has 0 saturated heterocycles. The zero-order valence-corrected chi connectivity index (χ0v) is 11.6. The van der Waals surface area contributed by atoms with Gasteiger partial charge in [-0.05, 0) is 38.0 Å².